The molecule has 0 saturated carbocycles. The van der Waals surface area contributed by atoms with Gasteiger partial charge in [0.15, 0.2) is 0 Å². The molecule has 3 amide bonds. The van der Waals surface area contributed by atoms with Crippen LogP contribution in [0.25, 0.3) is 0 Å². The predicted octanol–water partition coefficient (Wildman–Crippen LogP) is 0.757. The lowest BCUT2D eigenvalue weighted by molar-refractivity contribution is -0.131. The van der Waals surface area contributed by atoms with E-state index in [1.807, 2.05) is 11.0 Å². The van der Waals surface area contributed by atoms with Crippen molar-refractivity contribution in [2.75, 3.05) is 26.2 Å². The summed E-state index contributed by atoms with van der Waals surface area (Å²) >= 11 is 0. The molecule has 1 unspecified atom stereocenters. The van der Waals surface area contributed by atoms with E-state index in [0.717, 1.165) is 25.9 Å². The number of rotatable bonds is 6. The third kappa shape index (κ3) is 3.96. The molecule has 0 radical (unpaired) electrons. The average Bonchev–Trinajstić information content (AvgIpc) is 3.30. The van der Waals surface area contributed by atoms with Crippen molar-refractivity contribution in [3.8, 4) is 0 Å². The summed E-state index contributed by atoms with van der Waals surface area (Å²) in [5.41, 5.74) is 0. The number of hydrogen-bond donors (Lipinski definition) is 1. The second-order valence-corrected chi connectivity index (χ2v) is 6.38. The molecule has 1 atom stereocenters. The lowest BCUT2D eigenvalue weighted by Gasteiger charge is -2.16. The molecule has 0 aliphatic carbocycles. The van der Waals surface area contributed by atoms with Gasteiger partial charge in [-0.2, -0.15) is 0 Å². The largest absolute Gasteiger partial charge is 0.467 e. The standard InChI is InChI=1S/C17H23N3O4/c21-15(19-7-1-2-8-19)5-6-18-17(23)13-10-16(22)20(11-13)12-14-4-3-9-24-14/h3-4,9,13H,1-2,5-8,10-12H2,(H,18,23). The van der Waals surface area contributed by atoms with Gasteiger partial charge < -0.3 is 19.5 Å². The van der Waals surface area contributed by atoms with Gasteiger partial charge in [-0.1, -0.05) is 0 Å². The van der Waals surface area contributed by atoms with E-state index in [9.17, 15) is 14.4 Å². The van der Waals surface area contributed by atoms with E-state index in [1.54, 1.807) is 17.2 Å². The highest BCUT2D eigenvalue weighted by molar-refractivity contribution is 5.89. The second-order valence-electron chi connectivity index (χ2n) is 6.38. The summed E-state index contributed by atoms with van der Waals surface area (Å²) in [7, 11) is 0. The van der Waals surface area contributed by atoms with Crippen LogP contribution in [0.4, 0.5) is 0 Å². The van der Waals surface area contributed by atoms with Crippen LogP contribution in [0, 0.1) is 5.92 Å². The van der Waals surface area contributed by atoms with Crippen molar-refractivity contribution in [2.45, 2.75) is 32.2 Å². The van der Waals surface area contributed by atoms with Crippen molar-refractivity contribution in [3.05, 3.63) is 24.2 Å². The lowest BCUT2D eigenvalue weighted by Crippen LogP contribution is -2.36. The molecule has 0 spiro atoms. The summed E-state index contributed by atoms with van der Waals surface area (Å²) in [5.74, 6) is 0.254. The molecule has 0 aromatic carbocycles. The zero-order valence-corrected chi connectivity index (χ0v) is 13.7. The molecule has 0 bridgehead atoms. The molecule has 2 aliphatic heterocycles. The van der Waals surface area contributed by atoms with Crippen LogP contribution in [0.1, 0.15) is 31.4 Å². The minimum atomic E-state index is -0.352. The fourth-order valence-corrected chi connectivity index (χ4v) is 3.25. The van der Waals surface area contributed by atoms with E-state index in [1.165, 1.54) is 0 Å². The number of nitrogens with zero attached hydrogens (tertiary/aromatic N) is 2. The van der Waals surface area contributed by atoms with Crippen molar-refractivity contribution < 1.29 is 18.8 Å². The van der Waals surface area contributed by atoms with E-state index in [0.29, 0.717) is 31.8 Å². The Morgan fingerprint density at radius 2 is 2.08 bits per heavy atom. The normalized spacial score (nSPS) is 20.7. The number of nitrogens with one attached hydrogen (secondary N) is 1. The number of furan rings is 1. The molecule has 130 valence electrons. The first-order valence-corrected chi connectivity index (χ1v) is 8.49. The highest BCUT2D eigenvalue weighted by atomic mass is 16.3. The molecule has 24 heavy (non-hydrogen) atoms. The summed E-state index contributed by atoms with van der Waals surface area (Å²) in [6, 6.07) is 3.59. The number of hydrogen-bond acceptors (Lipinski definition) is 4. The van der Waals surface area contributed by atoms with Crippen LogP contribution in [-0.2, 0) is 20.9 Å². The van der Waals surface area contributed by atoms with Gasteiger partial charge in [0.05, 0.1) is 18.7 Å². The summed E-state index contributed by atoms with van der Waals surface area (Å²) in [5, 5.41) is 2.79. The number of likely N-dealkylation sites (tertiary alicyclic amines) is 2. The van der Waals surface area contributed by atoms with Gasteiger partial charge in [-0.05, 0) is 25.0 Å². The highest BCUT2D eigenvalue weighted by Gasteiger charge is 2.34. The molecule has 1 aromatic rings. The van der Waals surface area contributed by atoms with Crippen LogP contribution >= 0.6 is 0 Å². The first kappa shape index (κ1) is 16.5. The molecule has 2 aliphatic rings. The fourth-order valence-electron chi connectivity index (χ4n) is 3.25. The molecule has 7 heteroatoms. The number of carbonyl (C=O) groups excluding carboxylic acids is 3. The van der Waals surface area contributed by atoms with Crippen LogP contribution in [0.2, 0.25) is 0 Å². The second kappa shape index (κ2) is 7.51. The van der Waals surface area contributed by atoms with Gasteiger partial charge in [-0.3, -0.25) is 14.4 Å². The monoisotopic (exact) mass is 333 g/mol. The van der Waals surface area contributed by atoms with Gasteiger partial charge in [-0.15, -0.1) is 0 Å². The van der Waals surface area contributed by atoms with E-state index in [4.69, 9.17) is 4.42 Å². The zero-order chi connectivity index (χ0) is 16.9. The topological polar surface area (TPSA) is 82.9 Å². The Morgan fingerprint density at radius 1 is 1.29 bits per heavy atom. The smallest absolute Gasteiger partial charge is 0.225 e. The van der Waals surface area contributed by atoms with Crippen molar-refractivity contribution >= 4 is 17.7 Å². The summed E-state index contributed by atoms with van der Waals surface area (Å²) < 4.78 is 5.24. The van der Waals surface area contributed by atoms with Crippen molar-refractivity contribution in [3.63, 3.8) is 0 Å². The Morgan fingerprint density at radius 3 is 2.79 bits per heavy atom. The number of carbonyl (C=O) groups is 3. The van der Waals surface area contributed by atoms with Crippen molar-refractivity contribution in [1.29, 1.82) is 0 Å². The first-order chi connectivity index (χ1) is 11.6. The predicted molar refractivity (Wildman–Crippen MR) is 85.7 cm³/mol. The molecule has 2 fully saturated rings. The maximum Gasteiger partial charge on any atom is 0.225 e. The highest BCUT2D eigenvalue weighted by Crippen LogP contribution is 2.20. The zero-order valence-electron chi connectivity index (χ0n) is 13.7. The van der Waals surface area contributed by atoms with Gasteiger partial charge in [0.2, 0.25) is 17.7 Å². The van der Waals surface area contributed by atoms with Crippen LogP contribution < -0.4 is 5.32 Å². The van der Waals surface area contributed by atoms with E-state index < -0.39 is 0 Å². The summed E-state index contributed by atoms with van der Waals surface area (Å²) in [4.78, 5) is 39.6. The molecule has 1 aromatic heterocycles. The van der Waals surface area contributed by atoms with Gasteiger partial charge in [0.25, 0.3) is 0 Å². The minimum absolute atomic E-state index is 0.0420. The summed E-state index contributed by atoms with van der Waals surface area (Å²) in [6.07, 6.45) is 4.23. The van der Waals surface area contributed by atoms with Gasteiger partial charge in [0, 0.05) is 39.0 Å². The van der Waals surface area contributed by atoms with Crippen LogP contribution in [-0.4, -0.2) is 53.7 Å². The Balaban J connectivity index is 1.40. The Labute approximate surface area is 141 Å². The van der Waals surface area contributed by atoms with E-state index >= 15 is 0 Å². The molecular formula is C17H23N3O4. The fraction of sp³-hybridized carbons (Fsp3) is 0.588. The van der Waals surface area contributed by atoms with Gasteiger partial charge >= 0.3 is 0 Å². The van der Waals surface area contributed by atoms with Gasteiger partial charge in [0.1, 0.15) is 5.76 Å². The third-order valence-electron chi connectivity index (χ3n) is 4.61. The Bertz CT molecular complexity index is 593. The van der Waals surface area contributed by atoms with Crippen molar-refractivity contribution in [2.24, 2.45) is 5.92 Å². The maximum absolute atomic E-state index is 12.2. The quantitative estimate of drug-likeness (QED) is 0.833. The first-order valence-electron chi connectivity index (χ1n) is 8.49. The van der Waals surface area contributed by atoms with E-state index in [2.05, 4.69) is 5.32 Å². The molecular weight excluding hydrogens is 310 g/mol. The third-order valence-corrected chi connectivity index (χ3v) is 4.61. The number of amides is 3. The molecule has 3 rings (SSSR count). The molecule has 2 saturated heterocycles. The minimum Gasteiger partial charge on any atom is -0.467 e. The van der Waals surface area contributed by atoms with Crippen LogP contribution in [0.15, 0.2) is 22.8 Å². The van der Waals surface area contributed by atoms with Crippen LogP contribution in [0.3, 0.4) is 0 Å². The average molecular weight is 333 g/mol. The Kier molecular flexibility index (Phi) is 5.17. The lowest BCUT2D eigenvalue weighted by atomic mass is 10.1. The molecule has 1 N–H and O–H groups in total. The molecule has 3 heterocycles. The van der Waals surface area contributed by atoms with Crippen molar-refractivity contribution in [1.82, 2.24) is 15.1 Å². The van der Waals surface area contributed by atoms with E-state index in [-0.39, 0.29) is 30.1 Å². The summed E-state index contributed by atoms with van der Waals surface area (Å²) in [6.45, 7) is 2.77. The molecule has 7 nitrogen and oxygen atoms in total. The maximum atomic E-state index is 12.2. The Hall–Kier alpha value is -2.31. The SMILES string of the molecule is O=C(NCCC(=O)N1CCCC1)C1CC(=O)N(Cc2ccco2)C1. The van der Waals surface area contributed by atoms with Crippen LogP contribution in [0.5, 0.6) is 0 Å². The van der Waals surface area contributed by atoms with Gasteiger partial charge in [-0.25, -0.2) is 0 Å².